The minimum atomic E-state index is -0.583. The third-order valence-corrected chi connectivity index (χ3v) is 3.08. The van der Waals surface area contributed by atoms with E-state index in [4.69, 9.17) is 0 Å². The molecule has 4 heteroatoms. The highest BCUT2D eigenvalue weighted by Gasteiger charge is 2.42. The topological polar surface area (TPSA) is 57.6 Å². The Bertz CT molecular complexity index is 245. The zero-order valence-electron chi connectivity index (χ0n) is 9.56. The van der Waals surface area contributed by atoms with Crippen molar-refractivity contribution < 1.29 is 14.7 Å². The third-order valence-electron chi connectivity index (χ3n) is 3.08. The van der Waals surface area contributed by atoms with Gasteiger partial charge in [-0.05, 0) is 6.42 Å². The van der Waals surface area contributed by atoms with Crippen LogP contribution in [-0.4, -0.2) is 34.5 Å². The van der Waals surface area contributed by atoms with Crippen molar-refractivity contribution in [3.63, 3.8) is 0 Å². The molecule has 1 aliphatic rings. The summed E-state index contributed by atoms with van der Waals surface area (Å²) < 4.78 is 0. The van der Waals surface area contributed by atoms with Crippen LogP contribution >= 0.6 is 0 Å². The van der Waals surface area contributed by atoms with Gasteiger partial charge in [0.15, 0.2) is 0 Å². The van der Waals surface area contributed by atoms with Crippen LogP contribution in [0.3, 0.4) is 0 Å². The van der Waals surface area contributed by atoms with Crippen LogP contribution in [0.15, 0.2) is 0 Å². The summed E-state index contributed by atoms with van der Waals surface area (Å²) in [6.07, 6.45) is 0.892. The van der Waals surface area contributed by atoms with E-state index in [0.717, 1.165) is 6.42 Å². The van der Waals surface area contributed by atoms with Gasteiger partial charge in [-0.2, -0.15) is 0 Å². The quantitative estimate of drug-likeness (QED) is 0.702. The Balaban J connectivity index is 2.62. The molecule has 0 aromatic heterocycles. The van der Waals surface area contributed by atoms with Gasteiger partial charge < -0.3 is 5.11 Å². The lowest BCUT2D eigenvalue weighted by Gasteiger charge is -2.18. The maximum absolute atomic E-state index is 11.7. The summed E-state index contributed by atoms with van der Waals surface area (Å²) in [6.45, 7) is 5.64. The first kappa shape index (κ1) is 12.2. The van der Waals surface area contributed by atoms with Crippen LogP contribution in [-0.2, 0) is 9.59 Å². The fourth-order valence-electron chi connectivity index (χ4n) is 1.84. The molecule has 0 aromatic rings. The fourth-order valence-corrected chi connectivity index (χ4v) is 1.84. The third kappa shape index (κ3) is 2.37. The predicted octanol–water partition coefficient (Wildman–Crippen LogP) is 0.788. The molecule has 0 aliphatic carbocycles. The summed E-state index contributed by atoms with van der Waals surface area (Å²) in [4.78, 5) is 24.5. The maximum atomic E-state index is 11.7. The molecule has 3 atom stereocenters. The van der Waals surface area contributed by atoms with Gasteiger partial charge in [0.25, 0.3) is 0 Å². The molecule has 0 aromatic carbocycles. The fraction of sp³-hybridized carbons (Fsp3) is 0.818. The molecular formula is C11H19NO3. The monoisotopic (exact) mass is 213 g/mol. The Morgan fingerprint density at radius 1 is 1.27 bits per heavy atom. The van der Waals surface area contributed by atoms with Crippen LogP contribution in [0.5, 0.6) is 0 Å². The normalized spacial score (nSPS) is 28.7. The first-order valence-electron chi connectivity index (χ1n) is 5.52. The lowest BCUT2D eigenvalue weighted by atomic mass is 10.00. The molecular weight excluding hydrogens is 194 g/mol. The highest BCUT2D eigenvalue weighted by atomic mass is 16.3. The van der Waals surface area contributed by atoms with E-state index >= 15 is 0 Å². The molecule has 0 spiro atoms. The number of carbonyl (C=O) groups excluding carboxylic acids is 2. The van der Waals surface area contributed by atoms with E-state index in [9.17, 15) is 14.7 Å². The zero-order chi connectivity index (χ0) is 11.6. The molecule has 1 heterocycles. The molecule has 0 saturated carbocycles. The van der Waals surface area contributed by atoms with Gasteiger partial charge in [-0.15, -0.1) is 0 Å². The lowest BCUT2D eigenvalue weighted by Crippen LogP contribution is -2.37. The second-order valence-corrected chi connectivity index (χ2v) is 4.31. The van der Waals surface area contributed by atoms with Gasteiger partial charge in [-0.3, -0.25) is 14.5 Å². The highest BCUT2D eigenvalue weighted by molar-refractivity contribution is 6.04. The summed E-state index contributed by atoms with van der Waals surface area (Å²) in [5.41, 5.74) is 0. The van der Waals surface area contributed by atoms with Crippen LogP contribution in [0.2, 0.25) is 0 Å². The SMILES string of the molecule is CCCC(O)CN1C(=O)C(C)C(C)C1=O. The molecule has 2 amide bonds. The number of hydrogen-bond acceptors (Lipinski definition) is 3. The minimum absolute atomic E-state index is 0.150. The minimum Gasteiger partial charge on any atom is -0.391 e. The Labute approximate surface area is 90.3 Å². The van der Waals surface area contributed by atoms with Crippen LogP contribution < -0.4 is 0 Å². The van der Waals surface area contributed by atoms with Crippen molar-refractivity contribution in [3.05, 3.63) is 0 Å². The van der Waals surface area contributed by atoms with Crippen LogP contribution in [0, 0.1) is 11.8 Å². The van der Waals surface area contributed by atoms with Gasteiger partial charge in [-0.1, -0.05) is 27.2 Å². The second kappa shape index (κ2) is 4.75. The summed E-state index contributed by atoms with van der Waals surface area (Å²) in [5.74, 6) is -0.789. The number of amides is 2. The van der Waals surface area contributed by atoms with Crippen molar-refractivity contribution in [2.24, 2.45) is 11.8 Å². The van der Waals surface area contributed by atoms with Gasteiger partial charge in [0, 0.05) is 11.8 Å². The first-order chi connectivity index (χ1) is 6.99. The van der Waals surface area contributed by atoms with Crippen LogP contribution in [0.4, 0.5) is 0 Å². The van der Waals surface area contributed by atoms with E-state index in [2.05, 4.69) is 0 Å². The Morgan fingerprint density at radius 3 is 2.13 bits per heavy atom. The average Bonchev–Trinajstić information content (AvgIpc) is 2.36. The molecule has 1 aliphatic heterocycles. The molecule has 4 nitrogen and oxygen atoms in total. The van der Waals surface area contributed by atoms with Gasteiger partial charge >= 0.3 is 0 Å². The molecule has 3 unspecified atom stereocenters. The molecule has 15 heavy (non-hydrogen) atoms. The Morgan fingerprint density at radius 2 is 1.73 bits per heavy atom. The summed E-state index contributed by atoms with van der Waals surface area (Å²) in [7, 11) is 0. The van der Waals surface area contributed by atoms with Gasteiger partial charge in [0.1, 0.15) is 0 Å². The van der Waals surface area contributed by atoms with Gasteiger partial charge in [-0.25, -0.2) is 0 Å². The van der Waals surface area contributed by atoms with Crippen molar-refractivity contribution in [2.45, 2.75) is 39.7 Å². The van der Waals surface area contributed by atoms with Crippen LogP contribution in [0.25, 0.3) is 0 Å². The molecule has 0 radical (unpaired) electrons. The molecule has 1 rings (SSSR count). The van der Waals surface area contributed by atoms with Crippen molar-refractivity contribution >= 4 is 11.8 Å². The summed E-state index contributed by atoms with van der Waals surface area (Å²) in [5, 5.41) is 9.57. The van der Waals surface area contributed by atoms with E-state index in [0.29, 0.717) is 6.42 Å². The molecule has 1 fully saturated rings. The highest BCUT2D eigenvalue weighted by Crippen LogP contribution is 2.25. The number of nitrogens with zero attached hydrogens (tertiary/aromatic N) is 1. The number of aliphatic hydroxyl groups excluding tert-OH is 1. The predicted molar refractivity (Wildman–Crippen MR) is 56.0 cm³/mol. The number of carbonyl (C=O) groups is 2. The van der Waals surface area contributed by atoms with E-state index in [1.165, 1.54) is 4.90 Å². The largest absolute Gasteiger partial charge is 0.391 e. The molecule has 86 valence electrons. The van der Waals surface area contributed by atoms with Crippen molar-refractivity contribution in [1.29, 1.82) is 0 Å². The van der Waals surface area contributed by atoms with E-state index in [-0.39, 0.29) is 30.2 Å². The smallest absolute Gasteiger partial charge is 0.232 e. The molecule has 1 N–H and O–H groups in total. The Hall–Kier alpha value is -0.900. The van der Waals surface area contributed by atoms with E-state index < -0.39 is 6.10 Å². The molecule has 1 saturated heterocycles. The van der Waals surface area contributed by atoms with Crippen molar-refractivity contribution in [1.82, 2.24) is 4.90 Å². The second-order valence-electron chi connectivity index (χ2n) is 4.31. The van der Waals surface area contributed by atoms with E-state index in [1.807, 2.05) is 6.92 Å². The Kier molecular flexibility index (Phi) is 3.85. The van der Waals surface area contributed by atoms with E-state index in [1.54, 1.807) is 13.8 Å². The van der Waals surface area contributed by atoms with Crippen molar-refractivity contribution in [3.8, 4) is 0 Å². The summed E-state index contributed by atoms with van der Waals surface area (Å²) >= 11 is 0. The molecule has 0 bridgehead atoms. The number of β-amino-alcohol motifs (C(OH)–C–C–N with tert-alkyl or cyclic N) is 1. The van der Waals surface area contributed by atoms with Gasteiger partial charge in [0.05, 0.1) is 12.6 Å². The van der Waals surface area contributed by atoms with Crippen LogP contribution in [0.1, 0.15) is 33.6 Å². The standard InChI is InChI=1S/C11H19NO3/c1-4-5-9(13)6-12-10(14)7(2)8(3)11(12)15/h7-9,13H,4-6H2,1-3H3. The number of likely N-dealkylation sites (tertiary alicyclic amines) is 1. The average molecular weight is 213 g/mol. The van der Waals surface area contributed by atoms with Crippen molar-refractivity contribution in [2.75, 3.05) is 6.54 Å². The maximum Gasteiger partial charge on any atom is 0.232 e. The summed E-state index contributed by atoms with van der Waals surface area (Å²) in [6, 6.07) is 0. The van der Waals surface area contributed by atoms with Gasteiger partial charge in [0.2, 0.25) is 11.8 Å². The zero-order valence-corrected chi connectivity index (χ0v) is 9.56. The first-order valence-corrected chi connectivity index (χ1v) is 5.52. The number of rotatable bonds is 4. The number of aliphatic hydroxyl groups is 1. The number of hydrogen-bond donors (Lipinski definition) is 1. The number of imide groups is 1. The lowest BCUT2D eigenvalue weighted by molar-refractivity contribution is -0.141.